The molecule has 0 atom stereocenters. The van der Waals surface area contributed by atoms with Crippen LogP contribution in [0, 0.1) is 5.82 Å². The lowest BCUT2D eigenvalue weighted by atomic mass is 10.1. The molecule has 0 aliphatic carbocycles. The van der Waals surface area contributed by atoms with E-state index in [9.17, 15) is 9.18 Å². The van der Waals surface area contributed by atoms with Gasteiger partial charge in [-0.3, -0.25) is 4.79 Å². The third-order valence-corrected chi connectivity index (χ3v) is 2.79. The van der Waals surface area contributed by atoms with Crippen LogP contribution in [0.25, 0.3) is 0 Å². The fourth-order valence-corrected chi connectivity index (χ4v) is 1.77. The van der Waals surface area contributed by atoms with Crippen molar-refractivity contribution in [3.8, 4) is 5.75 Å². The Hall–Kier alpha value is -1.62. The number of likely N-dealkylation sites (tertiary alicyclic amines) is 1. The molecule has 1 heterocycles. The molecule has 0 bridgehead atoms. The Balaban J connectivity index is 1.99. The van der Waals surface area contributed by atoms with Gasteiger partial charge in [0.25, 0.3) is 0 Å². The molecule has 0 spiro atoms. The summed E-state index contributed by atoms with van der Waals surface area (Å²) in [7, 11) is 1.39. The molecule has 2 rings (SSSR count). The molecule has 0 aromatic heterocycles. The molecule has 1 aromatic carbocycles. The van der Waals surface area contributed by atoms with Gasteiger partial charge in [0.2, 0.25) is 5.91 Å². The van der Waals surface area contributed by atoms with Crippen LogP contribution in [0.5, 0.6) is 5.75 Å². The summed E-state index contributed by atoms with van der Waals surface area (Å²) < 4.78 is 18.2. The van der Waals surface area contributed by atoms with Crippen LogP contribution in [0.4, 0.5) is 4.39 Å². The highest BCUT2D eigenvalue weighted by atomic mass is 19.1. The average Bonchev–Trinajstić information content (AvgIpc) is 2.25. The Morgan fingerprint density at radius 1 is 1.59 bits per heavy atom. The number of rotatable bonds is 3. The van der Waals surface area contributed by atoms with E-state index in [-0.39, 0.29) is 18.1 Å². The summed E-state index contributed by atoms with van der Waals surface area (Å²) in [6, 6.07) is 4.46. The number of hydrogen-bond donors (Lipinski definition) is 1. The van der Waals surface area contributed by atoms with Crippen molar-refractivity contribution in [2.75, 3.05) is 20.2 Å². The molecule has 1 saturated heterocycles. The van der Waals surface area contributed by atoms with Gasteiger partial charge in [-0.2, -0.15) is 0 Å². The monoisotopic (exact) mass is 239 g/mol. The number of carbonyl (C=O) groups excluding carboxylic acids is 1. The van der Waals surface area contributed by atoms with Crippen molar-refractivity contribution in [3.05, 3.63) is 29.6 Å². The summed E-state index contributed by atoms with van der Waals surface area (Å²) in [5.74, 6) is -0.401. The maximum Gasteiger partial charge on any atom is 0.227 e. The number of halogens is 1. The first-order valence-corrected chi connectivity index (χ1v) is 5.38. The van der Waals surface area contributed by atoms with Gasteiger partial charge >= 0.3 is 0 Å². The van der Waals surface area contributed by atoms with Gasteiger partial charge in [-0.1, -0.05) is 6.07 Å². The number of aliphatic hydroxyl groups excluding tert-OH is 1. The Morgan fingerprint density at radius 2 is 2.29 bits per heavy atom. The smallest absolute Gasteiger partial charge is 0.227 e. The highest BCUT2D eigenvalue weighted by molar-refractivity contribution is 5.79. The van der Waals surface area contributed by atoms with Crippen molar-refractivity contribution >= 4 is 5.91 Å². The van der Waals surface area contributed by atoms with Crippen molar-refractivity contribution in [2.24, 2.45) is 0 Å². The minimum atomic E-state index is -0.471. The Labute approximate surface area is 98.6 Å². The van der Waals surface area contributed by atoms with Crippen LogP contribution in [-0.2, 0) is 11.2 Å². The summed E-state index contributed by atoms with van der Waals surface area (Å²) in [5, 5.41) is 9.08. The van der Waals surface area contributed by atoms with Crippen LogP contribution in [0.1, 0.15) is 5.56 Å². The molecule has 17 heavy (non-hydrogen) atoms. The average molecular weight is 239 g/mol. The fourth-order valence-electron chi connectivity index (χ4n) is 1.77. The van der Waals surface area contributed by atoms with Crippen molar-refractivity contribution < 1.29 is 19.0 Å². The number of hydrogen-bond acceptors (Lipinski definition) is 3. The molecule has 0 saturated carbocycles. The zero-order chi connectivity index (χ0) is 12.4. The summed E-state index contributed by atoms with van der Waals surface area (Å²) in [4.78, 5) is 13.2. The third-order valence-electron chi connectivity index (χ3n) is 2.79. The third kappa shape index (κ3) is 2.55. The maximum absolute atomic E-state index is 13.4. The topological polar surface area (TPSA) is 49.8 Å². The van der Waals surface area contributed by atoms with E-state index in [1.165, 1.54) is 19.2 Å². The van der Waals surface area contributed by atoms with Crippen molar-refractivity contribution in [1.29, 1.82) is 0 Å². The lowest BCUT2D eigenvalue weighted by Gasteiger charge is -2.35. The lowest BCUT2D eigenvalue weighted by Crippen LogP contribution is -2.53. The highest BCUT2D eigenvalue weighted by Gasteiger charge is 2.28. The molecule has 1 aromatic rings. The van der Waals surface area contributed by atoms with E-state index >= 15 is 0 Å². The van der Waals surface area contributed by atoms with E-state index in [1.54, 1.807) is 11.0 Å². The summed E-state index contributed by atoms with van der Waals surface area (Å²) in [6.45, 7) is 0.745. The van der Waals surface area contributed by atoms with Gasteiger partial charge in [0.05, 0.1) is 19.6 Å². The van der Waals surface area contributed by atoms with Crippen LogP contribution in [0.15, 0.2) is 18.2 Å². The minimum absolute atomic E-state index is 0.0973. The molecule has 1 amide bonds. The second-order valence-corrected chi connectivity index (χ2v) is 4.10. The molecular weight excluding hydrogens is 225 g/mol. The predicted molar refractivity (Wildman–Crippen MR) is 59.2 cm³/mol. The molecule has 92 valence electrons. The Kier molecular flexibility index (Phi) is 3.28. The van der Waals surface area contributed by atoms with Gasteiger partial charge < -0.3 is 14.7 Å². The normalized spacial score (nSPS) is 15.6. The standard InChI is InChI=1S/C12H14FNO3/c1-17-11-3-2-8(4-10(11)13)5-12(16)14-6-9(15)7-14/h2-4,9,15H,5-7H2,1H3. The molecule has 1 aliphatic heterocycles. The summed E-state index contributed by atoms with van der Waals surface area (Å²) >= 11 is 0. The van der Waals surface area contributed by atoms with Crippen LogP contribution in [0.3, 0.4) is 0 Å². The molecule has 0 radical (unpaired) electrons. The first-order chi connectivity index (χ1) is 8.10. The molecular formula is C12H14FNO3. The van der Waals surface area contributed by atoms with E-state index in [1.807, 2.05) is 0 Å². The van der Waals surface area contributed by atoms with Crippen molar-refractivity contribution in [2.45, 2.75) is 12.5 Å². The highest BCUT2D eigenvalue weighted by Crippen LogP contribution is 2.19. The number of methoxy groups -OCH3 is 1. The van der Waals surface area contributed by atoms with Crippen LogP contribution >= 0.6 is 0 Å². The van der Waals surface area contributed by atoms with Gasteiger partial charge in [0.1, 0.15) is 0 Å². The number of amides is 1. The lowest BCUT2D eigenvalue weighted by molar-refractivity contribution is -0.140. The van der Waals surface area contributed by atoms with E-state index in [4.69, 9.17) is 9.84 Å². The molecule has 4 nitrogen and oxygen atoms in total. The number of ether oxygens (including phenoxy) is 1. The van der Waals surface area contributed by atoms with Crippen molar-refractivity contribution in [3.63, 3.8) is 0 Å². The number of carbonyl (C=O) groups is 1. The quantitative estimate of drug-likeness (QED) is 0.839. The van der Waals surface area contributed by atoms with Gasteiger partial charge in [-0.15, -0.1) is 0 Å². The fraction of sp³-hybridized carbons (Fsp3) is 0.417. The first kappa shape index (κ1) is 11.9. The van der Waals surface area contributed by atoms with Gasteiger partial charge in [-0.05, 0) is 17.7 Å². The first-order valence-electron chi connectivity index (χ1n) is 5.38. The van der Waals surface area contributed by atoms with Crippen LogP contribution < -0.4 is 4.74 Å². The van der Waals surface area contributed by atoms with Gasteiger partial charge in [0, 0.05) is 13.1 Å². The molecule has 1 fully saturated rings. The molecule has 1 N–H and O–H groups in total. The molecule has 5 heteroatoms. The second-order valence-electron chi connectivity index (χ2n) is 4.10. The minimum Gasteiger partial charge on any atom is -0.494 e. The van der Waals surface area contributed by atoms with Crippen molar-refractivity contribution in [1.82, 2.24) is 4.90 Å². The zero-order valence-electron chi connectivity index (χ0n) is 9.52. The van der Waals surface area contributed by atoms with E-state index < -0.39 is 11.9 Å². The zero-order valence-corrected chi connectivity index (χ0v) is 9.52. The van der Waals surface area contributed by atoms with E-state index in [2.05, 4.69) is 0 Å². The second kappa shape index (κ2) is 4.71. The maximum atomic E-state index is 13.4. The number of nitrogens with zero attached hydrogens (tertiary/aromatic N) is 1. The predicted octanol–water partition coefficient (Wildman–Crippen LogP) is 0.580. The summed E-state index contributed by atoms with van der Waals surface area (Å²) in [5.41, 5.74) is 0.606. The largest absolute Gasteiger partial charge is 0.494 e. The molecule has 1 aliphatic rings. The number of β-amino-alcohol motifs (C(OH)–C–C–N with tert-alkyl or cyclic N) is 1. The SMILES string of the molecule is COc1ccc(CC(=O)N2CC(O)C2)cc1F. The van der Waals surface area contributed by atoms with E-state index in [0.717, 1.165) is 0 Å². The Bertz CT molecular complexity index is 430. The number of aliphatic hydroxyl groups is 1. The van der Waals surface area contributed by atoms with E-state index in [0.29, 0.717) is 18.7 Å². The Morgan fingerprint density at radius 3 is 2.82 bits per heavy atom. The van der Waals surface area contributed by atoms with Crippen LogP contribution in [-0.4, -0.2) is 42.2 Å². The van der Waals surface area contributed by atoms with Gasteiger partial charge in [-0.25, -0.2) is 4.39 Å². The van der Waals surface area contributed by atoms with Gasteiger partial charge in [0.15, 0.2) is 11.6 Å². The number of benzene rings is 1. The van der Waals surface area contributed by atoms with Crippen LogP contribution in [0.2, 0.25) is 0 Å². The molecule has 0 unspecified atom stereocenters. The summed E-state index contributed by atoms with van der Waals surface area (Å²) in [6.07, 6.45) is -0.264.